The first-order valence-electron chi connectivity index (χ1n) is 6.76. The van der Waals surface area contributed by atoms with E-state index in [1.54, 1.807) is 0 Å². The van der Waals surface area contributed by atoms with Gasteiger partial charge in [-0.05, 0) is 45.4 Å². The number of hydrogen-bond acceptors (Lipinski definition) is 3. The average Bonchev–Trinajstić information content (AvgIpc) is 2.25. The van der Waals surface area contributed by atoms with Gasteiger partial charge in [0, 0.05) is 19.1 Å². The molecule has 2 N–H and O–H groups in total. The number of halogens is 1. The van der Waals surface area contributed by atoms with Gasteiger partial charge in [-0.25, -0.2) is 4.39 Å². The van der Waals surface area contributed by atoms with Crippen molar-refractivity contribution < 1.29 is 9.13 Å². The van der Waals surface area contributed by atoms with Gasteiger partial charge >= 0.3 is 0 Å². The standard InChI is InChI=1S/C15H23FN2O/c1-10-8-18(9-15(3,4)19-10)14-6-5-12(11(2)17)7-13(14)16/h5-7,10-11H,8-9,17H2,1-4H3. The van der Waals surface area contributed by atoms with Crippen molar-refractivity contribution >= 4 is 5.69 Å². The molecule has 0 radical (unpaired) electrons. The maximum Gasteiger partial charge on any atom is 0.146 e. The summed E-state index contributed by atoms with van der Waals surface area (Å²) in [5.74, 6) is -0.209. The molecule has 4 heteroatoms. The molecule has 1 aromatic carbocycles. The Morgan fingerprint density at radius 2 is 2.16 bits per heavy atom. The number of nitrogens with zero attached hydrogens (tertiary/aromatic N) is 1. The molecule has 2 rings (SSSR count). The normalized spacial score (nSPS) is 24.3. The fourth-order valence-corrected chi connectivity index (χ4v) is 2.70. The summed E-state index contributed by atoms with van der Waals surface area (Å²) in [7, 11) is 0. The van der Waals surface area contributed by atoms with Gasteiger partial charge in [0.1, 0.15) is 5.82 Å². The van der Waals surface area contributed by atoms with E-state index < -0.39 is 0 Å². The van der Waals surface area contributed by atoms with E-state index in [1.807, 2.05) is 39.8 Å². The molecule has 1 saturated heterocycles. The Balaban J connectivity index is 2.26. The van der Waals surface area contributed by atoms with E-state index in [2.05, 4.69) is 4.90 Å². The van der Waals surface area contributed by atoms with E-state index >= 15 is 0 Å². The molecular weight excluding hydrogens is 243 g/mol. The molecule has 106 valence electrons. The molecule has 0 bridgehead atoms. The number of rotatable bonds is 2. The van der Waals surface area contributed by atoms with Crippen LogP contribution in [0.25, 0.3) is 0 Å². The molecule has 19 heavy (non-hydrogen) atoms. The SMILES string of the molecule is CC1CN(c2ccc(C(C)N)cc2F)CC(C)(C)O1. The van der Waals surface area contributed by atoms with Gasteiger partial charge in [-0.1, -0.05) is 6.07 Å². The zero-order valence-corrected chi connectivity index (χ0v) is 12.1. The van der Waals surface area contributed by atoms with Crippen molar-refractivity contribution in [1.29, 1.82) is 0 Å². The van der Waals surface area contributed by atoms with E-state index in [9.17, 15) is 4.39 Å². The highest BCUT2D eigenvalue weighted by molar-refractivity contribution is 5.50. The number of morpholine rings is 1. The zero-order chi connectivity index (χ0) is 14.2. The molecule has 0 spiro atoms. The summed E-state index contributed by atoms with van der Waals surface area (Å²) in [6.07, 6.45) is 0.0938. The van der Waals surface area contributed by atoms with Crippen LogP contribution in [0.5, 0.6) is 0 Å². The summed E-state index contributed by atoms with van der Waals surface area (Å²) in [5, 5.41) is 0. The van der Waals surface area contributed by atoms with Gasteiger partial charge in [0.15, 0.2) is 0 Å². The molecule has 1 aliphatic heterocycles. The van der Waals surface area contributed by atoms with Crippen LogP contribution in [-0.4, -0.2) is 24.8 Å². The van der Waals surface area contributed by atoms with Crippen LogP contribution in [0.4, 0.5) is 10.1 Å². The summed E-state index contributed by atoms with van der Waals surface area (Å²) in [5.41, 5.74) is 6.97. The maximum atomic E-state index is 14.2. The summed E-state index contributed by atoms with van der Waals surface area (Å²) in [6.45, 7) is 9.33. The lowest BCUT2D eigenvalue weighted by atomic mass is 10.0. The molecular formula is C15H23FN2O. The minimum atomic E-state index is -0.260. The second-order valence-corrected chi connectivity index (χ2v) is 6.07. The van der Waals surface area contributed by atoms with Crippen LogP contribution in [0.15, 0.2) is 18.2 Å². The lowest BCUT2D eigenvalue weighted by Gasteiger charge is -2.43. The fraction of sp³-hybridized carbons (Fsp3) is 0.600. The predicted octanol–water partition coefficient (Wildman–Crippen LogP) is 2.85. The first-order valence-corrected chi connectivity index (χ1v) is 6.76. The highest BCUT2D eigenvalue weighted by Crippen LogP contribution is 2.29. The second kappa shape index (κ2) is 5.10. The lowest BCUT2D eigenvalue weighted by molar-refractivity contribution is -0.0751. The number of ether oxygens (including phenoxy) is 1. The average molecular weight is 266 g/mol. The molecule has 3 nitrogen and oxygen atoms in total. The largest absolute Gasteiger partial charge is 0.369 e. The third-order valence-electron chi connectivity index (χ3n) is 3.41. The lowest BCUT2D eigenvalue weighted by Crippen LogP contribution is -2.52. The molecule has 1 heterocycles. The van der Waals surface area contributed by atoms with Gasteiger partial charge in [0.05, 0.1) is 17.4 Å². The number of anilines is 1. The topological polar surface area (TPSA) is 38.5 Å². The Hall–Kier alpha value is -1.13. The van der Waals surface area contributed by atoms with Crippen LogP contribution < -0.4 is 10.6 Å². The van der Waals surface area contributed by atoms with Crippen molar-refractivity contribution in [1.82, 2.24) is 0 Å². The minimum absolute atomic E-state index is 0.0938. The molecule has 0 aromatic heterocycles. The minimum Gasteiger partial charge on any atom is -0.369 e. The Kier molecular flexibility index (Phi) is 3.83. The van der Waals surface area contributed by atoms with E-state index in [1.165, 1.54) is 6.07 Å². The number of nitrogens with two attached hydrogens (primary N) is 1. The van der Waals surface area contributed by atoms with Crippen molar-refractivity contribution in [2.45, 2.75) is 45.4 Å². The fourth-order valence-electron chi connectivity index (χ4n) is 2.70. The Morgan fingerprint density at radius 1 is 1.47 bits per heavy atom. The van der Waals surface area contributed by atoms with Crippen molar-refractivity contribution in [3.8, 4) is 0 Å². The van der Waals surface area contributed by atoms with E-state index in [-0.39, 0.29) is 23.6 Å². The van der Waals surface area contributed by atoms with Crippen LogP contribution in [0.2, 0.25) is 0 Å². The quantitative estimate of drug-likeness (QED) is 0.894. The van der Waals surface area contributed by atoms with Crippen LogP contribution >= 0.6 is 0 Å². The van der Waals surface area contributed by atoms with Crippen LogP contribution in [0, 0.1) is 5.82 Å². The Labute approximate surface area is 114 Å². The van der Waals surface area contributed by atoms with E-state index in [4.69, 9.17) is 10.5 Å². The second-order valence-electron chi connectivity index (χ2n) is 6.07. The molecule has 0 saturated carbocycles. The van der Waals surface area contributed by atoms with Crippen molar-refractivity contribution in [2.75, 3.05) is 18.0 Å². The summed E-state index contributed by atoms with van der Waals surface area (Å²) in [4.78, 5) is 2.05. The van der Waals surface area contributed by atoms with Crippen molar-refractivity contribution in [3.05, 3.63) is 29.6 Å². The molecule has 2 unspecified atom stereocenters. The zero-order valence-electron chi connectivity index (χ0n) is 12.1. The van der Waals surface area contributed by atoms with Crippen molar-refractivity contribution in [2.24, 2.45) is 5.73 Å². The Bertz CT molecular complexity index is 459. The maximum absolute atomic E-state index is 14.2. The van der Waals surface area contributed by atoms with E-state index in [0.29, 0.717) is 18.8 Å². The third-order valence-corrected chi connectivity index (χ3v) is 3.41. The van der Waals surface area contributed by atoms with Gasteiger partial charge in [-0.15, -0.1) is 0 Å². The monoisotopic (exact) mass is 266 g/mol. The van der Waals surface area contributed by atoms with Gasteiger partial charge in [-0.2, -0.15) is 0 Å². The first-order chi connectivity index (χ1) is 8.78. The first kappa shape index (κ1) is 14.3. The smallest absolute Gasteiger partial charge is 0.146 e. The van der Waals surface area contributed by atoms with Crippen LogP contribution in [0.3, 0.4) is 0 Å². The summed E-state index contributed by atoms with van der Waals surface area (Å²) >= 11 is 0. The summed E-state index contributed by atoms with van der Waals surface area (Å²) < 4.78 is 20.1. The van der Waals surface area contributed by atoms with E-state index in [0.717, 1.165) is 5.56 Å². The molecule has 1 aromatic rings. The molecule has 1 fully saturated rings. The predicted molar refractivity (Wildman–Crippen MR) is 75.8 cm³/mol. The third kappa shape index (κ3) is 3.25. The molecule has 0 aliphatic carbocycles. The Morgan fingerprint density at radius 3 is 2.68 bits per heavy atom. The molecule has 0 amide bonds. The van der Waals surface area contributed by atoms with Gasteiger partial charge < -0.3 is 15.4 Å². The summed E-state index contributed by atoms with van der Waals surface area (Å²) in [6, 6.07) is 5.11. The molecule has 2 atom stereocenters. The van der Waals surface area contributed by atoms with Gasteiger partial charge in [-0.3, -0.25) is 0 Å². The number of hydrogen-bond donors (Lipinski definition) is 1. The van der Waals surface area contributed by atoms with Gasteiger partial charge in [0.25, 0.3) is 0 Å². The highest BCUT2D eigenvalue weighted by atomic mass is 19.1. The highest BCUT2D eigenvalue weighted by Gasteiger charge is 2.32. The van der Waals surface area contributed by atoms with Crippen LogP contribution in [-0.2, 0) is 4.74 Å². The van der Waals surface area contributed by atoms with Crippen LogP contribution in [0.1, 0.15) is 39.3 Å². The van der Waals surface area contributed by atoms with Gasteiger partial charge in [0.2, 0.25) is 0 Å². The number of benzene rings is 1. The molecule has 1 aliphatic rings. The van der Waals surface area contributed by atoms with Crippen molar-refractivity contribution in [3.63, 3.8) is 0 Å².